The summed E-state index contributed by atoms with van der Waals surface area (Å²) in [4.78, 5) is 30.3. The summed E-state index contributed by atoms with van der Waals surface area (Å²) in [6.07, 6.45) is 10.8. The van der Waals surface area contributed by atoms with Crippen molar-refractivity contribution in [3.8, 4) is 11.6 Å². The van der Waals surface area contributed by atoms with E-state index in [1.54, 1.807) is 37.5 Å². The first-order chi connectivity index (χ1) is 15.0. The Kier molecular flexibility index (Phi) is 5.88. The van der Waals surface area contributed by atoms with E-state index in [4.69, 9.17) is 4.74 Å². The van der Waals surface area contributed by atoms with E-state index in [1.165, 1.54) is 11.7 Å². The lowest BCUT2D eigenvalue weighted by Gasteiger charge is -2.29. The average Bonchev–Trinajstić information content (AvgIpc) is 3.21. The van der Waals surface area contributed by atoms with Crippen molar-refractivity contribution in [3.63, 3.8) is 0 Å². The van der Waals surface area contributed by atoms with Gasteiger partial charge in [-0.3, -0.25) is 18.8 Å². The second-order valence-corrected chi connectivity index (χ2v) is 8.08. The normalized spacial score (nSPS) is 18.5. The Hall–Kier alpha value is -3.42. The first-order valence-corrected chi connectivity index (χ1v) is 10.5. The van der Waals surface area contributed by atoms with Crippen LogP contribution in [0.15, 0.2) is 47.8 Å². The van der Waals surface area contributed by atoms with Crippen LogP contribution in [0.25, 0.3) is 5.69 Å². The summed E-state index contributed by atoms with van der Waals surface area (Å²) in [5.41, 5.74) is 2.20. The summed E-state index contributed by atoms with van der Waals surface area (Å²) in [5, 5.41) is 7.49. The smallest absolute Gasteiger partial charge is 0.268 e. The summed E-state index contributed by atoms with van der Waals surface area (Å²) in [7, 11) is 1.53. The molecule has 0 radical (unpaired) electrons. The van der Waals surface area contributed by atoms with E-state index >= 15 is 0 Å². The molecule has 8 nitrogen and oxygen atoms in total. The van der Waals surface area contributed by atoms with Crippen molar-refractivity contribution in [1.82, 2.24) is 24.6 Å². The van der Waals surface area contributed by atoms with Gasteiger partial charge in [0.25, 0.3) is 11.5 Å². The van der Waals surface area contributed by atoms with Crippen molar-refractivity contribution in [2.75, 3.05) is 7.11 Å². The molecule has 0 atom stereocenters. The zero-order chi connectivity index (χ0) is 22.0. The minimum Gasteiger partial charge on any atom is -0.481 e. The van der Waals surface area contributed by atoms with E-state index in [2.05, 4.69) is 21.6 Å². The van der Waals surface area contributed by atoms with Crippen molar-refractivity contribution < 1.29 is 9.53 Å². The molecule has 0 bridgehead atoms. The van der Waals surface area contributed by atoms with Crippen molar-refractivity contribution in [2.45, 2.75) is 51.6 Å². The van der Waals surface area contributed by atoms with E-state index in [9.17, 15) is 9.59 Å². The molecule has 3 heterocycles. The number of rotatable bonds is 5. The van der Waals surface area contributed by atoms with E-state index in [-0.39, 0.29) is 23.1 Å². The molecule has 1 amide bonds. The zero-order valence-electron chi connectivity index (χ0n) is 18.0. The van der Waals surface area contributed by atoms with Gasteiger partial charge in [0, 0.05) is 24.5 Å². The minimum atomic E-state index is -0.356. The Labute approximate surface area is 180 Å². The van der Waals surface area contributed by atoms with Crippen LogP contribution in [0.5, 0.6) is 5.88 Å². The molecule has 1 N–H and O–H groups in total. The van der Waals surface area contributed by atoms with Gasteiger partial charge in [0.2, 0.25) is 5.88 Å². The molecule has 0 aromatic carbocycles. The third kappa shape index (κ3) is 4.38. The number of amides is 1. The molecule has 0 spiro atoms. The highest BCUT2D eigenvalue weighted by Crippen LogP contribution is 2.28. The van der Waals surface area contributed by atoms with Crippen LogP contribution in [0.2, 0.25) is 0 Å². The molecule has 162 valence electrons. The summed E-state index contributed by atoms with van der Waals surface area (Å²) in [5.74, 6) is 0.138. The number of nitrogens with one attached hydrogen (secondary N) is 1. The number of hydrogen-bond acceptors (Lipinski definition) is 5. The largest absolute Gasteiger partial charge is 0.481 e. The molecule has 1 aliphatic carbocycles. The Morgan fingerprint density at radius 1 is 1.13 bits per heavy atom. The third-order valence-electron chi connectivity index (χ3n) is 5.87. The van der Waals surface area contributed by atoms with Gasteiger partial charge in [-0.1, -0.05) is 0 Å². The fraction of sp³-hybridized carbons (Fsp3) is 0.391. The highest BCUT2D eigenvalue weighted by Gasteiger charge is 2.26. The van der Waals surface area contributed by atoms with Gasteiger partial charge in [-0.2, -0.15) is 5.10 Å². The number of pyridine rings is 2. The van der Waals surface area contributed by atoms with Crippen LogP contribution in [-0.4, -0.2) is 38.4 Å². The maximum atomic E-state index is 13.1. The number of ether oxygens (including phenoxy) is 1. The molecule has 3 aromatic heterocycles. The van der Waals surface area contributed by atoms with Crippen molar-refractivity contribution in [1.29, 1.82) is 0 Å². The Morgan fingerprint density at radius 2 is 1.90 bits per heavy atom. The fourth-order valence-corrected chi connectivity index (χ4v) is 4.12. The maximum Gasteiger partial charge on any atom is 0.268 e. The number of aryl methyl sites for hydroxylation is 2. The highest BCUT2D eigenvalue weighted by atomic mass is 16.5. The van der Waals surface area contributed by atoms with Crippen LogP contribution in [-0.2, 0) is 0 Å². The summed E-state index contributed by atoms with van der Waals surface area (Å²) in [6, 6.07) is 5.61. The molecule has 31 heavy (non-hydrogen) atoms. The number of hydrogen-bond donors (Lipinski definition) is 1. The third-order valence-corrected chi connectivity index (χ3v) is 5.87. The molecular weight excluding hydrogens is 394 g/mol. The number of methoxy groups -OCH3 is 1. The minimum absolute atomic E-state index is 0.0514. The summed E-state index contributed by atoms with van der Waals surface area (Å²) in [6.45, 7) is 3.82. The van der Waals surface area contributed by atoms with Crippen LogP contribution in [0.4, 0.5) is 0 Å². The number of carbonyl (C=O) groups excluding carboxylic acids is 1. The SMILES string of the molecule is COc1ccc(-n2ccc(C)c(C(=O)NC3CCC(n4cc(C)cn4)CC3)c2=O)cn1. The number of nitrogens with zero attached hydrogens (tertiary/aromatic N) is 4. The molecule has 3 aromatic rings. The molecule has 8 heteroatoms. The second kappa shape index (κ2) is 8.75. The second-order valence-electron chi connectivity index (χ2n) is 8.08. The standard InChI is InChI=1S/C23H27N5O3/c1-15-12-25-28(14-15)18-6-4-17(5-7-18)26-22(29)21-16(2)10-11-27(23(21)30)19-8-9-20(31-3)24-13-19/h8-14,17-18H,4-7H2,1-3H3,(H,26,29). The lowest BCUT2D eigenvalue weighted by Crippen LogP contribution is -2.41. The predicted octanol–water partition coefficient (Wildman–Crippen LogP) is 2.97. The molecule has 4 rings (SSSR count). The van der Waals surface area contributed by atoms with Crippen LogP contribution in [0.1, 0.15) is 53.2 Å². The zero-order valence-corrected chi connectivity index (χ0v) is 18.0. The van der Waals surface area contributed by atoms with Crippen LogP contribution >= 0.6 is 0 Å². The monoisotopic (exact) mass is 421 g/mol. The van der Waals surface area contributed by atoms with Gasteiger partial charge in [0.05, 0.1) is 31.2 Å². The van der Waals surface area contributed by atoms with Gasteiger partial charge in [0.1, 0.15) is 5.56 Å². The van der Waals surface area contributed by atoms with Gasteiger partial charge in [0.15, 0.2) is 0 Å². The van der Waals surface area contributed by atoms with Crippen molar-refractivity contribution >= 4 is 5.91 Å². The first-order valence-electron chi connectivity index (χ1n) is 10.5. The lowest BCUT2D eigenvalue weighted by atomic mass is 9.91. The van der Waals surface area contributed by atoms with Gasteiger partial charge in [-0.25, -0.2) is 4.98 Å². The van der Waals surface area contributed by atoms with E-state index < -0.39 is 0 Å². The Bertz CT molecular complexity index is 1120. The van der Waals surface area contributed by atoms with E-state index in [0.717, 1.165) is 31.2 Å². The van der Waals surface area contributed by atoms with E-state index in [0.29, 0.717) is 23.2 Å². The van der Waals surface area contributed by atoms with Gasteiger partial charge >= 0.3 is 0 Å². The molecule has 0 aliphatic heterocycles. The molecule has 1 aliphatic rings. The van der Waals surface area contributed by atoms with Crippen LogP contribution in [0, 0.1) is 13.8 Å². The van der Waals surface area contributed by atoms with Crippen molar-refractivity contribution in [2.24, 2.45) is 0 Å². The van der Waals surface area contributed by atoms with Crippen molar-refractivity contribution in [3.05, 3.63) is 70.0 Å². The molecule has 0 unspecified atom stereocenters. The fourth-order valence-electron chi connectivity index (χ4n) is 4.12. The predicted molar refractivity (Wildman–Crippen MR) is 117 cm³/mol. The van der Waals surface area contributed by atoms with Gasteiger partial charge in [-0.05, 0) is 62.8 Å². The molecular formula is C23H27N5O3. The Balaban J connectivity index is 1.48. The highest BCUT2D eigenvalue weighted by molar-refractivity contribution is 5.95. The van der Waals surface area contributed by atoms with E-state index in [1.807, 2.05) is 17.8 Å². The summed E-state index contributed by atoms with van der Waals surface area (Å²) >= 11 is 0. The molecule has 1 saturated carbocycles. The number of carbonyl (C=O) groups is 1. The summed E-state index contributed by atoms with van der Waals surface area (Å²) < 4.78 is 8.53. The molecule has 0 saturated heterocycles. The topological polar surface area (TPSA) is 91.0 Å². The average molecular weight is 422 g/mol. The van der Waals surface area contributed by atoms with Gasteiger partial charge < -0.3 is 10.1 Å². The lowest BCUT2D eigenvalue weighted by molar-refractivity contribution is 0.0919. The maximum absolute atomic E-state index is 13.1. The van der Waals surface area contributed by atoms with Crippen LogP contribution in [0.3, 0.4) is 0 Å². The first kappa shape index (κ1) is 20.8. The quantitative estimate of drug-likeness (QED) is 0.684. The van der Waals surface area contributed by atoms with Gasteiger partial charge in [-0.15, -0.1) is 0 Å². The molecule has 1 fully saturated rings. The Morgan fingerprint density at radius 3 is 2.52 bits per heavy atom. The van der Waals surface area contributed by atoms with Crippen LogP contribution < -0.4 is 15.6 Å². The number of aromatic nitrogens is 4.